The maximum Gasteiger partial charge on any atom is 0.274 e. The first-order chi connectivity index (χ1) is 10.4. The summed E-state index contributed by atoms with van der Waals surface area (Å²) in [6, 6.07) is 1.47. The van der Waals surface area contributed by atoms with Crippen LogP contribution in [0.3, 0.4) is 0 Å². The van der Waals surface area contributed by atoms with E-state index in [9.17, 15) is 15.0 Å². The molecule has 8 nitrogen and oxygen atoms in total. The molecule has 3 rings (SSSR count). The quantitative estimate of drug-likeness (QED) is 0.701. The molecule has 0 aromatic carbocycles. The number of nitrogens with one attached hydrogen (secondary N) is 1. The molecule has 2 aromatic rings. The van der Waals surface area contributed by atoms with Crippen molar-refractivity contribution in [3.63, 3.8) is 0 Å². The summed E-state index contributed by atoms with van der Waals surface area (Å²) in [7, 11) is 0. The van der Waals surface area contributed by atoms with Crippen molar-refractivity contribution in [2.24, 2.45) is 0 Å². The molecule has 120 valence electrons. The van der Waals surface area contributed by atoms with Crippen LogP contribution in [-0.4, -0.2) is 59.5 Å². The number of piperidine rings is 1. The second-order valence-corrected chi connectivity index (χ2v) is 5.99. The van der Waals surface area contributed by atoms with E-state index in [1.54, 1.807) is 6.92 Å². The number of aliphatic hydroxyl groups is 2. The number of aryl methyl sites for hydroxylation is 1. The van der Waals surface area contributed by atoms with E-state index in [0.29, 0.717) is 49.8 Å². The number of aliphatic hydroxyl groups excluding tert-OH is 1. The first kappa shape index (κ1) is 15.1. The zero-order chi connectivity index (χ0) is 15.9. The second-order valence-electron chi connectivity index (χ2n) is 5.99. The van der Waals surface area contributed by atoms with Crippen LogP contribution in [0.5, 0.6) is 0 Å². The molecule has 0 radical (unpaired) electrons. The molecule has 3 N–H and O–H groups in total. The number of fused-ring (bicyclic) bond motifs is 1. The SMILES string of the molecule is CC[C@@]1(O)CCN(Cc2cc(=O)n3[nH]c(C)nc3n2)C[C@H]1O. The summed E-state index contributed by atoms with van der Waals surface area (Å²) in [4.78, 5) is 22.5. The molecule has 2 aromatic heterocycles. The summed E-state index contributed by atoms with van der Waals surface area (Å²) in [5, 5.41) is 23.2. The van der Waals surface area contributed by atoms with Gasteiger partial charge >= 0.3 is 0 Å². The van der Waals surface area contributed by atoms with Gasteiger partial charge in [0, 0.05) is 25.7 Å². The number of H-pyrrole nitrogens is 1. The Balaban J connectivity index is 1.78. The van der Waals surface area contributed by atoms with Gasteiger partial charge in [-0.3, -0.25) is 14.8 Å². The fourth-order valence-electron chi connectivity index (χ4n) is 2.92. The molecule has 22 heavy (non-hydrogen) atoms. The molecule has 3 heterocycles. The summed E-state index contributed by atoms with van der Waals surface area (Å²) >= 11 is 0. The highest BCUT2D eigenvalue weighted by Crippen LogP contribution is 2.26. The molecule has 1 aliphatic heterocycles. The minimum atomic E-state index is -1.01. The van der Waals surface area contributed by atoms with Crippen molar-refractivity contribution in [1.82, 2.24) is 24.5 Å². The van der Waals surface area contributed by atoms with Gasteiger partial charge in [-0.1, -0.05) is 6.92 Å². The first-order valence-corrected chi connectivity index (χ1v) is 7.49. The number of aromatic nitrogens is 4. The number of hydrogen-bond donors (Lipinski definition) is 3. The number of hydrogen-bond acceptors (Lipinski definition) is 6. The Morgan fingerprint density at radius 1 is 1.50 bits per heavy atom. The van der Waals surface area contributed by atoms with Crippen LogP contribution in [0, 0.1) is 6.92 Å². The minimum absolute atomic E-state index is 0.205. The molecule has 8 heteroatoms. The standard InChI is InChI=1S/C14H21N5O3/c1-3-14(22)4-5-18(8-11(14)20)7-10-6-12(21)19-13(16-10)15-9(2)17-19/h6,11,20,22H,3-5,7-8H2,1-2H3,(H,15,16,17)/t11-,14-/m1/s1. The summed E-state index contributed by atoms with van der Waals surface area (Å²) in [6.07, 6.45) is 0.247. The highest BCUT2D eigenvalue weighted by Gasteiger charge is 2.38. The lowest BCUT2D eigenvalue weighted by atomic mass is 9.86. The largest absolute Gasteiger partial charge is 0.389 e. The van der Waals surface area contributed by atoms with Gasteiger partial charge in [-0.05, 0) is 19.8 Å². The molecule has 0 amide bonds. The molecule has 1 fully saturated rings. The Hall–Kier alpha value is -1.77. The zero-order valence-electron chi connectivity index (χ0n) is 12.8. The maximum atomic E-state index is 12.0. The fourth-order valence-corrected chi connectivity index (χ4v) is 2.92. The fraction of sp³-hybridized carbons (Fsp3) is 0.643. The molecule has 0 spiro atoms. The lowest BCUT2D eigenvalue weighted by Crippen LogP contribution is -2.54. The van der Waals surface area contributed by atoms with Gasteiger partial charge < -0.3 is 10.2 Å². The van der Waals surface area contributed by atoms with Gasteiger partial charge in [-0.15, -0.1) is 0 Å². The molecule has 0 saturated carbocycles. The maximum absolute atomic E-state index is 12.0. The molecule has 1 saturated heterocycles. The van der Waals surface area contributed by atoms with E-state index >= 15 is 0 Å². The smallest absolute Gasteiger partial charge is 0.274 e. The number of nitrogens with zero attached hydrogens (tertiary/aromatic N) is 4. The lowest BCUT2D eigenvalue weighted by molar-refractivity contribution is -0.122. The zero-order valence-corrected chi connectivity index (χ0v) is 12.8. The van der Waals surface area contributed by atoms with E-state index in [4.69, 9.17) is 0 Å². The van der Waals surface area contributed by atoms with Gasteiger partial charge in [-0.25, -0.2) is 4.98 Å². The van der Waals surface area contributed by atoms with Crippen molar-refractivity contribution in [3.05, 3.63) is 27.9 Å². The topological polar surface area (TPSA) is 107 Å². The monoisotopic (exact) mass is 307 g/mol. The van der Waals surface area contributed by atoms with Crippen LogP contribution in [-0.2, 0) is 6.54 Å². The van der Waals surface area contributed by atoms with Crippen molar-refractivity contribution in [1.29, 1.82) is 0 Å². The summed E-state index contributed by atoms with van der Waals surface area (Å²) in [5.41, 5.74) is -0.596. The molecular weight excluding hydrogens is 286 g/mol. The molecule has 1 aliphatic rings. The van der Waals surface area contributed by atoms with Crippen LogP contribution < -0.4 is 5.56 Å². The van der Waals surface area contributed by atoms with E-state index in [-0.39, 0.29) is 5.56 Å². The predicted molar refractivity (Wildman–Crippen MR) is 79.5 cm³/mol. The molecule has 0 unspecified atom stereocenters. The van der Waals surface area contributed by atoms with Crippen LogP contribution in [0.25, 0.3) is 5.78 Å². The normalized spacial score (nSPS) is 26.6. The number of aromatic amines is 1. The van der Waals surface area contributed by atoms with E-state index in [1.165, 1.54) is 10.6 Å². The lowest BCUT2D eigenvalue weighted by Gasteiger charge is -2.41. The second kappa shape index (κ2) is 5.45. The van der Waals surface area contributed by atoms with Crippen molar-refractivity contribution in [3.8, 4) is 0 Å². The Morgan fingerprint density at radius 2 is 2.27 bits per heavy atom. The van der Waals surface area contributed by atoms with E-state index in [1.807, 2.05) is 11.8 Å². The number of likely N-dealkylation sites (tertiary alicyclic amines) is 1. The average molecular weight is 307 g/mol. The van der Waals surface area contributed by atoms with Crippen molar-refractivity contribution in [2.75, 3.05) is 13.1 Å². The number of rotatable bonds is 3. The minimum Gasteiger partial charge on any atom is -0.389 e. The van der Waals surface area contributed by atoms with Gasteiger partial charge in [0.15, 0.2) is 0 Å². The van der Waals surface area contributed by atoms with Crippen molar-refractivity contribution < 1.29 is 10.2 Å². The van der Waals surface area contributed by atoms with Crippen LogP contribution in [0.4, 0.5) is 0 Å². The van der Waals surface area contributed by atoms with Crippen molar-refractivity contribution >= 4 is 5.78 Å². The van der Waals surface area contributed by atoms with Crippen LogP contribution in [0.15, 0.2) is 10.9 Å². The highest BCUT2D eigenvalue weighted by molar-refractivity contribution is 5.27. The third kappa shape index (κ3) is 2.65. The van der Waals surface area contributed by atoms with Gasteiger partial charge in [0.25, 0.3) is 11.3 Å². The van der Waals surface area contributed by atoms with Crippen LogP contribution in [0.2, 0.25) is 0 Å². The van der Waals surface area contributed by atoms with E-state index in [2.05, 4.69) is 15.1 Å². The van der Waals surface area contributed by atoms with Crippen LogP contribution >= 0.6 is 0 Å². The molecule has 2 atom stereocenters. The summed E-state index contributed by atoms with van der Waals surface area (Å²) < 4.78 is 1.31. The highest BCUT2D eigenvalue weighted by atomic mass is 16.3. The summed E-state index contributed by atoms with van der Waals surface area (Å²) in [5.74, 6) is 0.978. The molecule has 0 bridgehead atoms. The molecule has 0 aliphatic carbocycles. The predicted octanol–water partition coefficient (Wildman–Crippen LogP) is -0.566. The third-order valence-corrected chi connectivity index (χ3v) is 4.41. The van der Waals surface area contributed by atoms with Gasteiger partial charge in [0.05, 0.1) is 17.4 Å². The number of β-amino-alcohol motifs (C(OH)–C–C–N with tert-alkyl or cyclic N) is 1. The Labute approximate surface area is 127 Å². The third-order valence-electron chi connectivity index (χ3n) is 4.41. The van der Waals surface area contributed by atoms with Gasteiger partial charge in [-0.2, -0.15) is 9.50 Å². The average Bonchev–Trinajstić information content (AvgIpc) is 2.84. The Kier molecular flexibility index (Phi) is 3.75. The van der Waals surface area contributed by atoms with E-state index < -0.39 is 11.7 Å². The Morgan fingerprint density at radius 3 is 2.95 bits per heavy atom. The van der Waals surface area contributed by atoms with Gasteiger partial charge in [0.2, 0.25) is 0 Å². The van der Waals surface area contributed by atoms with Crippen molar-refractivity contribution in [2.45, 2.75) is 44.9 Å². The molecular formula is C14H21N5O3. The van der Waals surface area contributed by atoms with Gasteiger partial charge in [0.1, 0.15) is 5.82 Å². The Bertz CT molecular complexity index is 740. The summed E-state index contributed by atoms with van der Waals surface area (Å²) in [6.45, 7) is 5.11. The first-order valence-electron chi connectivity index (χ1n) is 7.49. The van der Waals surface area contributed by atoms with Crippen LogP contribution in [0.1, 0.15) is 31.3 Å². The van der Waals surface area contributed by atoms with E-state index in [0.717, 1.165) is 0 Å².